The first kappa shape index (κ1) is 9.28. The molecule has 0 bridgehead atoms. The van der Waals surface area contributed by atoms with E-state index in [1.807, 2.05) is 35.3 Å². The average molecular weight is 207 g/mol. The lowest BCUT2D eigenvalue weighted by atomic mass is 10.1. The van der Waals surface area contributed by atoms with Gasteiger partial charge in [0, 0.05) is 24.0 Å². The molecule has 0 saturated carbocycles. The maximum absolute atomic E-state index is 6.04. The van der Waals surface area contributed by atoms with Crippen LogP contribution >= 0.6 is 11.6 Å². The van der Waals surface area contributed by atoms with Crippen LogP contribution in [-0.2, 0) is 13.0 Å². The molecule has 0 aliphatic heterocycles. The van der Waals surface area contributed by atoms with Crippen molar-refractivity contribution in [3.8, 4) is 0 Å². The van der Waals surface area contributed by atoms with Gasteiger partial charge in [-0.05, 0) is 18.1 Å². The van der Waals surface area contributed by atoms with Crippen LogP contribution in [0.4, 0.5) is 0 Å². The molecule has 3 heteroatoms. The van der Waals surface area contributed by atoms with Crippen LogP contribution < -0.4 is 0 Å². The molecule has 0 fully saturated rings. The van der Waals surface area contributed by atoms with Crippen molar-refractivity contribution in [2.45, 2.75) is 13.0 Å². The van der Waals surface area contributed by atoms with E-state index in [1.165, 1.54) is 5.56 Å². The van der Waals surface area contributed by atoms with Gasteiger partial charge in [0.15, 0.2) is 0 Å². The Morgan fingerprint density at radius 3 is 2.86 bits per heavy atom. The largest absolute Gasteiger partial charge is 0.337 e. The van der Waals surface area contributed by atoms with Crippen molar-refractivity contribution in [1.82, 2.24) is 9.55 Å². The lowest BCUT2D eigenvalue weighted by molar-refractivity contribution is 0.696. The number of aryl methyl sites for hydroxylation is 2. The summed E-state index contributed by atoms with van der Waals surface area (Å²) in [4.78, 5) is 3.99. The molecule has 1 aromatic heterocycles. The standard InChI is InChI=1S/C11H11ClN2/c12-11-4-2-1-3-10(11)5-7-14-8-6-13-9-14/h1-4,6,8-9H,5,7H2. The quantitative estimate of drug-likeness (QED) is 0.755. The van der Waals surface area contributed by atoms with Gasteiger partial charge in [-0.15, -0.1) is 0 Å². The molecule has 2 nitrogen and oxygen atoms in total. The molecule has 1 heterocycles. The second kappa shape index (κ2) is 4.29. The van der Waals surface area contributed by atoms with E-state index < -0.39 is 0 Å². The van der Waals surface area contributed by atoms with Crippen LogP contribution in [0.5, 0.6) is 0 Å². The summed E-state index contributed by atoms with van der Waals surface area (Å²) in [6, 6.07) is 7.93. The first-order valence-corrected chi connectivity index (χ1v) is 4.93. The fourth-order valence-electron chi connectivity index (χ4n) is 1.37. The van der Waals surface area contributed by atoms with Crippen molar-refractivity contribution in [3.05, 3.63) is 53.6 Å². The van der Waals surface area contributed by atoms with Gasteiger partial charge in [-0.2, -0.15) is 0 Å². The predicted molar refractivity (Wildman–Crippen MR) is 57.4 cm³/mol. The Hall–Kier alpha value is -1.28. The van der Waals surface area contributed by atoms with Gasteiger partial charge in [-0.25, -0.2) is 4.98 Å². The van der Waals surface area contributed by atoms with Gasteiger partial charge in [0.1, 0.15) is 0 Å². The number of imidazole rings is 1. The highest BCUT2D eigenvalue weighted by Gasteiger charge is 1.98. The maximum Gasteiger partial charge on any atom is 0.0946 e. The summed E-state index contributed by atoms with van der Waals surface area (Å²) in [7, 11) is 0. The zero-order valence-electron chi connectivity index (χ0n) is 7.73. The van der Waals surface area contributed by atoms with E-state index in [9.17, 15) is 0 Å². The predicted octanol–water partition coefficient (Wildman–Crippen LogP) is 2.78. The lowest BCUT2D eigenvalue weighted by Gasteiger charge is -2.04. The smallest absolute Gasteiger partial charge is 0.0946 e. The normalized spacial score (nSPS) is 10.4. The number of hydrogen-bond donors (Lipinski definition) is 0. The number of nitrogens with zero attached hydrogens (tertiary/aromatic N) is 2. The summed E-state index contributed by atoms with van der Waals surface area (Å²) in [6.07, 6.45) is 6.50. The molecule has 2 rings (SSSR count). The highest BCUT2D eigenvalue weighted by atomic mass is 35.5. The van der Waals surface area contributed by atoms with E-state index >= 15 is 0 Å². The van der Waals surface area contributed by atoms with Gasteiger partial charge in [-0.3, -0.25) is 0 Å². The molecule has 72 valence electrons. The van der Waals surface area contributed by atoms with E-state index in [4.69, 9.17) is 11.6 Å². The zero-order valence-corrected chi connectivity index (χ0v) is 8.48. The summed E-state index contributed by atoms with van der Waals surface area (Å²) in [5, 5.41) is 0.840. The summed E-state index contributed by atoms with van der Waals surface area (Å²) in [5.41, 5.74) is 1.18. The Morgan fingerprint density at radius 1 is 1.29 bits per heavy atom. The van der Waals surface area contributed by atoms with E-state index in [0.29, 0.717) is 0 Å². The van der Waals surface area contributed by atoms with E-state index in [1.54, 1.807) is 6.20 Å². The number of hydrogen-bond acceptors (Lipinski definition) is 1. The number of rotatable bonds is 3. The van der Waals surface area contributed by atoms with Crippen LogP contribution in [0, 0.1) is 0 Å². The summed E-state index contributed by atoms with van der Waals surface area (Å²) < 4.78 is 2.04. The van der Waals surface area contributed by atoms with Crippen molar-refractivity contribution < 1.29 is 0 Å². The Kier molecular flexibility index (Phi) is 2.84. The lowest BCUT2D eigenvalue weighted by Crippen LogP contribution is -1.98. The third-order valence-electron chi connectivity index (χ3n) is 2.16. The highest BCUT2D eigenvalue weighted by Crippen LogP contribution is 2.15. The molecule has 14 heavy (non-hydrogen) atoms. The van der Waals surface area contributed by atoms with Crippen molar-refractivity contribution >= 4 is 11.6 Å². The zero-order chi connectivity index (χ0) is 9.80. The van der Waals surface area contributed by atoms with Gasteiger partial charge in [0.25, 0.3) is 0 Å². The Balaban J connectivity index is 2.02. The number of aromatic nitrogens is 2. The van der Waals surface area contributed by atoms with Crippen LogP contribution in [0.1, 0.15) is 5.56 Å². The van der Waals surface area contributed by atoms with E-state index in [-0.39, 0.29) is 0 Å². The van der Waals surface area contributed by atoms with E-state index in [2.05, 4.69) is 11.1 Å². The van der Waals surface area contributed by atoms with Gasteiger partial charge < -0.3 is 4.57 Å². The summed E-state index contributed by atoms with van der Waals surface area (Å²) >= 11 is 6.04. The van der Waals surface area contributed by atoms with Crippen molar-refractivity contribution in [2.24, 2.45) is 0 Å². The average Bonchev–Trinajstić information content (AvgIpc) is 2.69. The molecule has 0 amide bonds. The van der Waals surface area contributed by atoms with Crippen LogP contribution in [0.15, 0.2) is 43.0 Å². The van der Waals surface area contributed by atoms with Crippen LogP contribution in [0.2, 0.25) is 5.02 Å². The third kappa shape index (κ3) is 2.15. The van der Waals surface area contributed by atoms with Crippen molar-refractivity contribution in [3.63, 3.8) is 0 Å². The molecule has 0 aliphatic carbocycles. The molecule has 0 atom stereocenters. The first-order valence-electron chi connectivity index (χ1n) is 4.55. The third-order valence-corrected chi connectivity index (χ3v) is 2.53. The molecule has 0 saturated heterocycles. The highest BCUT2D eigenvalue weighted by molar-refractivity contribution is 6.31. The Morgan fingerprint density at radius 2 is 2.14 bits per heavy atom. The van der Waals surface area contributed by atoms with E-state index in [0.717, 1.165) is 18.0 Å². The van der Waals surface area contributed by atoms with Crippen LogP contribution in [-0.4, -0.2) is 9.55 Å². The molecular formula is C11H11ClN2. The molecule has 0 aliphatic rings. The van der Waals surface area contributed by atoms with Gasteiger partial charge in [-0.1, -0.05) is 29.8 Å². The Bertz CT molecular complexity index is 395. The minimum absolute atomic E-state index is 0.840. The second-order valence-corrected chi connectivity index (χ2v) is 3.55. The minimum Gasteiger partial charge on any atom is -0.337 e. The fourth-order valence-corrected chi connectivity index (χ4v) is 1.60. The summed E-state index contributed by atoms with van der Waals surface area (Å²) in [6.45, 7) is 0.920. The SMILES string of the molecule is Clc1ccccc1CCn1ccnc1. The monoisotopic (exact) mass is 206 g/mol. The molecule has 0 spiro atoms. The van der Waals surface area contributed by atoms with Crippen molar-refractivity contribution in [1.29, 1.82) is 0 Å². The molecule has 0 unspecified atom stereocenters. The molecule has 0 radical (unpaired) electrons. The topological polar surface area (TPSA) is 17.8 Å². The van der Waals surface area contributed by atoms with Gasteiger partial charge in [0.2, 0.25) is 0 Å². The second-order valence-electron chi connectivity index (χ2n) is 3.14. The summed E-state index contributed by atoms with van der Waals surface area (Å²) in [5.74, 6) is 0. The molecule has 0 N–H and O–H groups in total. The van der Waals surface area contributed by atoms with Gasteiger partial charge in [0.05, 0.1) is 6.33 Å². The molecular weight excluding hydrogens is 196 g/mol. The minimum atomic E-state index is 0.840. The number of halogens is 1. The molecule has 2 aromatic rings. The maximum atomic E-state index is 6.04. The molecule has 1 aromatic carbocycles. The number of benzene rings is 1. The first-order chi connectivity index (χ1) is 6.86. The Labute approximate surface area is 88.2 Å². The van der Waals surface area contributed by atoms with Crippen molar-refractivity contribution in [2.75, 3.05) is 0 Å². The van der Waals surface area contributed by atoms with Gasteiger partial charge >= 0.3 is 0 Å². The van der Waals surface area contributed by atoms with Crippen LogP contribution in [0.3, 0.4) is 0 Å². The fraction of sp³-hybridized carbons (Fsp3) is 0.182. The van der Waals surface area contributed by atoms with Crippen LogP contribution in [0.25, 0.3) is 0 Å².